The van der Waals surface area contributed by atoms with Crippen LogP contribution in [-0.2, 0) is 36.1 Å². The molecule has 11 nitrogen and oxygen atoms in total. The molecule has 3 aromatic rings. The highest BCUT2D eigenvalue weighted by molar-refractivity contribution is 7.90. The molecule has 4 rings (SSSR count). The second-order valence-corrected chi connectivity index (χ2v) is 12.2. The lowest BCUT2D eigenvalue weighted by Gasteiger charge is -2.16. The van der Waals surface area contributed by atoms with Gasteiger partial charge >= 0.3 is 12.1 Å². The molecule has 16 heteroatoms. The van der Waals surface area contributed by atoms with E-state index in [9.17, 15) is 34.8 Å². The van der Waals surface area contributed by atoms with Gasteiger partial charge in [-0.1, -0.05) is 30.3 Å². The van der Waals surface area contributed by atoms with Crippen molar-refractivity contribution in [1.29, 1.82) is 0 Å². The first-order valence-corrected chi connectivity index (χ1v) is 14.3. The van der Waals surface area contributed by atoms with E-state index in [1.165, 1.54) is 0 Å². The number of carboxylic acid groups (broad SMARTS) is 1. The Morgan fingerprint density at radius 1 is 1.21 bits per heavy atom. The van der Waals surface area contributed by atoms with Crippen molar-refractivity contribution in [3.8, 4) is 0 Å². The molecule has 1 amide bonds. The van der Waals surface area contributed by atoms with Crippen LogP contribution in [0.5, 0.6) is 0 Å². The van der Waals surface area contributed by atoms with Crippen LogP contribution in [0, 0.1) is 6.92 Å². The van der Waals surface area contributed by atoms with E-state index < -0.39 is 49.4 Å². The van der Waals surface area contributed by atoms with Gasteiger partial charge in [-0.3, -0.25) is 9.52 Å². The van der Waals surface area contributed by atoms with Crippen LogP contribution in [-0.4, -0.2) is 56.2 Å². The van der Waals surface area contributed by atoms with Gasteiger partial charge in [0.25, 0.3) is 0 Å². The molecule has 2 aromatic carbocycles. The summed E-state index contributed by atoms with van der Waals surface area (Å²) in [6, 6.07) is 11.9. The molecule has 4 N–H and O–H groups in total. The first-order valence-electron chi connectivity index (χ1n) is 10.8. The van der Waals surface area contributed by atoms with Crippen molar-refractivity contribution in [3.05, 3.63) is 65.0 Å². The van der Waals surface area contributed by atoms with E-state index in [4.69, 9.17) is 9.90 Å². The van der Waals surface area contributed by atoms with E-state index in [-0.39, 0.29) is 6.42 Å². The Hall–Kier alpha value is -3.50. The summed E-state index contributed by atoms with van der Waals surface area (Å²) in [6.45, 7) is 1.96. The van der Waals surface area contributed by atoms with Crippen LogP contribution in [0.4, 0.5) is 13.2 Å². The van der Waals surface area contributed by atoms with E-state index in [0.29, 0.717) is 17.8 Å². The highest BCUT2D eigenvalue weighted by Gasteiger charge is 2.38. The fourth-order valence-corrected chi connectivity index (χ4v) is 5.85. The summed E-state index contributed by atoms with van der Waals surface area (Å²) in [5, 5.41) is 6.21. The van der Waals surface area contributed by atoms with Crippen molar-refractivity contribution in [2.24, 2.45) is 0 Å². The summed E-state index contributed by atoms with van der Waals surface area (Å²) in [4.78, 5) is 28.1. The fourth-order valence-electron chi connectivity index (χ4n) is 3.71. The number of carboxylic acids is 1. The minimum atomic E-state index is -5.08. The molecule has 1 fully saturated rings. The molecule has 1 aromatic heterocycles. The van der Waals surface area contributed by atoms with E-state index in [1.54, 1.807) is 24.3 Å². The summed E-state index contributed by atoms with van der Waals surface area (Å²) in [5.41, 5.74) is 3.90. The number of aryl methyl sites for hydroxylation is 1. The van der Waals surface area contributed by atoms with Crippen molar-refractivity contribution in [3.63, 3.8) is 0 Å². The number of fused-ring (bicyclic) bond motifs is 1. The minimum absolute atomic E-state index is 0.113. The molecule has 0 bridgehead atoms. The average molecular weight is 577 g/mol. The number of hydrogen-bond donors (Lipinski definition) is 4. The predicted molar refractivity (Wildman–Crippen MR) is 130 cm³/mol. The monoisotopic (exact) mass is 576 g/mol. The number of H-pyrrole nitrogens is 1. The third-order valence-electron chi connectivity index (χ3n) is 5.38. The summed E-state index contributed by atoms with van der Waals surface area (Å²) < 4.78 is 84.4. The van der Waals surface area contributed by atoms with Crippen LogP contribution in [0.1, 0.15) is 40.2 Å². The van der Waals surface area contributed by atoms with Crippen LogP contribution < -0.4 is 9.44 Å². The number of sulfonamides is 2. The molecule has 1 saturated heterocycles. The van der Waals surface area contributed by atoms with Gasteiger partial charge in [0.05, 0.1) is 29.8 Å². The molecule has 38 heavy (non-hydrogen) atoms. The Morgan fingerprint density at radius 3 is 2.32 bits per heavy atom. The predicted octanol–water partition coefficient (Wildman–Crippen LogP) is 2.23. The topological polar surface area (TPSA) is 175 Å². The van der Waals surface area contributed by atoms with Crippen LogP contribution in [0.3, 0.4) is 0 Å². The number of carbonyl (C=O) groups is 2. The van der Waals surface area contributed by atoms with Gasteiger partial charge < -0.3 is 10.1 Å². The molecule has 1 unspecified atom stereocenters. The zero-order chi connectivity index (χ0) is 28.5. The summed E-state index contributed by atoms with van der Waals surface area (Å²) in [6.07, 6.45) is -3.80. The van der Waals surface area contributed by atoms with Gasteiger partial charge in [0, 0.05) is 0 Å². The number of aliphatic carboxylic acids is 1. The quantitative estimate of drug-likeness (QED) is 0.345. The lowest BCUT2D eigenvalue weighted by molar-refractivity contribution is -0.192. The molecular formula is C22H23F3N4O7S2. The van der Waals surface area contributed by atoms with Crippen molar-refractivity contribution in [1.82, 2.24) is 19.4 Å². The van der Waals surface area contributed by atoms with Gasteiger partial charge in [-0.05, 0) is 42.2 Å². The highest BCUT2D eigenvalue weighted by Crippen LogP contribution is 2.30. The lowest BCUT2D eigenvalue weighted by atomic mass is 10.0. The Balaban J connectivity index is 0.000000505. The Morgan fingerprint density at radius 2 is 1.82 bits per heavy atom. The number of rotatable bonds is 6. The highest BCUT2D eigenvalue weighted by atomic mass is 32.2. The largest absolute Gasteiger partial charge is 0.490 e. The lowest BCUT2D eigenvalue weighted by Crippen LogP contribution is -2.29. The molecular weight excluding hydrogens is 553 g/mol. The molecule has 2 heterocycles. The number of amides is 1. The van der Waals surface area contributed by atoms with Gasteiger partial charge in [0.2, 0.25) is 26.0 Å². The number of carbonyl (C=O) groups excluding carboxylic acids is 1. The molecule has 0 radical (unpaired) electrons. The zero-order valence-electron chi connectivity index (χ0n) is 19.9. The van der Waals surface area contributed by atoms with Crippen molar-refractivity contribution >= 4 is 43.0 Å². The first kappa shape index (κ1) is 29.1. The van der Waals surface area contributed by atoms with E-state index in [1.807, 2.05) is 29.8 Å². The molecule has 0 saturated carbocycles. The Kier molecular flexibility index (Phi) is 8.18. The molecule has 0 aliphatic carbocycles. The van der Waals surface area contributed by atoms with Crippen LogP contribution in [0.25, 0.3) is 11.0 Å². The number of halogens is 3. The third kappa shape index (κ3) is 7.52. The number of aromatic amines is 1. The van der Waals surface area contributed by atoms with Gasteiger partial charge in [-0.15, -0.1) is 0 Å². The van der Waals surface area contributed by atoms with Gasteiger partial charge in [-0.2, -0.15) is 13.2 Å². The normalized spacial score (nSPS) is 17.9. The van der Waals surface area contributed by atoms with Gasteiger partial charge in [0.15, 0.2) is 0 Å². The SMILES string of the molecule is Cc1ccc2nc([C@H](Cc3ccc(C4CC(=O)NS4(=O)=O)cc3)NS(C)(=O)=O)[nH]c2c1.O=C(O)C(F)(F)F. The van der Waals surface area contributed by atoms with E-state index >= 15 is 0 Å². The van der Waals surface area contributed by atoms with Crippen LogP contribution in [0.15, 0.2) is 42.5 Å². The molecule has 206 valence electrons. The van der Waals surface area contributed by atoms with Crippen molar-refractivity contribution in [2.75, 3.05) is 6.26 Å². The zero-order valence-corrected chi connectivity index (χ0v) is 21.5. The van der Waals surface area contributed by atoms with Crippen LogP contribution >= 0.6 is 0 Å². The fraction of sp³-hybridized carbons (Fsp3) is 0.318. The van der Waals surface area contributed by atoms with E-state index in [0.717, 1.165) is 28.4 Å². The molecule has 1 aliphatic rings. The smallest absolute Gasteiger partial charge is 0.475 e. The number of nitrogens with zero attached hydrogens (tertiary/aromatic N) is 1. The number of aromatic nitrogens is 2. The van der Waals surface area contributed by atoms with Gasteiger partial charge in [0.1, 0.15) is 11.1 Å². The molecule has 0 spiro atoms. The third-order valence-corrected chi connectivity index (χ3v) is 7.79. The summed E-state index contributed by atoms with van der Waals surface area (Å²) in [7, 11) is -7.23. The standard InChI is InChI=1S/C20H22N4O5S2.C2HF3O2/c1-12-3-8-15-16(9-12)22-20(21-15)17(23-30(2,26)27)10-13-4-6-14(7-5-13)18-11-19(25)24-31(18,28)29;3-2(4,5)1(6)7/h3-9,17-18,23H,10-11H2,1-2H3,(H,21,22)(H,24,25);(H,6,7)/t17-,18?;/m0./s1. The number of hydrogen-bond acceptors (Lipinski definition) is 7. The van der Waals surface area contributed by atoms with Crippen molar-refractivity contribution in [2.45, 2.75) is 37.2 Å². The molecule has 2 atom stereocenters. The summed E-state index contributed by atoms with van der Waals surface area (Å²) in [5.74, 6) is -2.79. The maximum absolute atomic E-state index is 12.1. The maximum atomic E-state index is 12.1. The van der Waals surface area contributed by atoms with Gasteiger partial charge in [-0.25, -0.2) is 31.3 Å². The minimum Gasteiger partial charge on any atom is -0.475 e. The number of benzene rings is 2. The number of alkyl halides is 3. The Bertz CT molecular complexity index is 1570. The first-order chi connectivity index (χ1) is 17.4. The molecule has 1 aliphatic heterocycles. The van der Waals surface area contributed by atoms with Crippen molar-refractivity contribution < 1.29 is 44.7 Å². The summed E-state index contributed by atoms with van der Waals surface area (Å²) >= 11 is 0. The maximum Gasteiger partial charge on any atom is 0.490 e. The van der Waals surface area contributed by atoms with E-state index in [2.05, 4.69) is 14.7 Å². The second-order valence-electron chi connectivity index (χ2n) is 8.60. The Labute approximate surface area is 215 Å². The van der Waals surface area contributed by atoms with Crippen LogP contribution in [0.2, 0.25) is 0 Å². The number of nitrogens with one attached hydrogen (secondary N) is 3. The second kappa shape index (κ2) is 10.7. The average Bonchev–Trinajstić information content (AvgIpc) is 3.31. The number of imidazole rings is 1.